The lowest BCUT2D eigenvalue weighted by atomic mass is 10.0. The molecule has 1 aromatic heterocycles. The van der Waals surface area contributed by atoms with Crippen LogP contribution in [0.5, 0.6) is 11.5 Å². The van der Waals surface area contributed by atoms with E-state index in [2.05, 4.69) is 5.32 Å². The molecule has 2 aromatic carbocycles. The summed E-state index contributed by atoms with van der Waals surface area (Å²) in [5.41, 5.74) is 1.74. The number of carbonyl (C=O) groups is 2. The van der Waals surface area contributed by atoms with Crippen LogP contribution in [-0.4, -0.2) is 30.9 Å². The highest BCUT2D eigenvalue weighted by atomic mass is 16.5. The number of nitrogens with zero attached hydrogens (tertiary/aromatic N) is 1. The Balaban J connectivity index is 1.74. The first kappa shape index (κ1) is 19.3. The third-order valence-electron chi connectivity index (χ3n) is 4.78. The van der Waals surface area contributed by atoms with Gasteiger partial charge >= 0.3 is 0 Å². The third kappa shape index (κ3) is 3.65. The van der Waals surface area contributed by atoms with Gasteiger partial charge in [-0.15, -0.1) is 0 Å². The summed E-state index contributed by atoms with van der Waals surface area (Å²) in [5, 5.41) is 3.11. The summed E-state index contributed by atoms with van der Waals surface area (Å²) in [4.78, 5) is 27.6. The van der Waals surface area contributed by atoms with Gasteiger partial charge < -0.3 is 19.2 Å². The molecule has 7 nitrogen and oxygen atoms in total. The number of anilines is 1. The molecule has 0 spiro atoms. The molecule has 0 bridgehead atoms. The minimum Gasteiger partial charge on any atom is -0.497 e. The Labute approximate surface area is 173 Å². The van der Waals surface area contributed by atoms with E-state index < -0.39 is 11.8 Å². The second-order valence-corrected chi connectivity index (χ2v) is 6.61. The number of ether oxygens (including phenoxy) is 2. The summed E-state index contributed by atoms with van der Waals surface area (Å²) in [7, 11) is 3.13. The molecule has 0 fully saturated rings. The fraction of sp³-hybridized carbons (Fsp3) is 0.130. The van der Waals surface area contributed by atoms with E-state index in [0.717, 1.165) is 0 Å². The minimum atomic E-state index is -0.426. The highest BCUT2D eigenvalue weighted by molar-refractivity contribution is 6.36. The maximum Gasteiger partial charge on any atom is 0.278 e. The lowest BCUT2D eigenvalue weighted by Crippen LogP contribution is -2.31. The molecule has 0 radical (unpaired) electrons. The van der Waals surface area contributed by atoms with Crippen molar-refractivity contribution >= 4 is 23.1 Å². The van der Waals surface area contributed by atoms with E-state index in [-0.39, 0.29) is 17.8 Å². The van der Waals surface area contributed by atoms with Crippen LogP contribution < -0.4 is 14.8 Å². The summed E-state index contributed by atoms with van der Waals surface area (Å²) in [5.74, 6) is 0.993. The molecule has 2 heterocycles. The van der Waals surface area contributed by atoms with Crippen molar-refractivity contribution in [1.82, 2.24) is 4.90 Å². The van der Waals surface area contributed by atoms with E-state index in [1.165, 1.54) is 11.2 Å². The second-order valence-electron chi connectivity index (χ2n) is 6.61. The van der Waals surface area contributed by atoms with Crippen molar-refractivity contribution in [3.63, 3.8) is 0 Å². The van der Waals surface area contributed by atoms with Gasteiger partial charge in [-0.1, -0.05) is 18.2 Å². The van der Waals surface area contributed by atoms with Crippen LogP contribution in [-0.2, 0) is 16.1 Å². The maximum absolute atomic E-state index is 13.2. The third-order valence-corrected chi connectivity index (χ3v) is 4.78. The number of hydrogen-bond donors (Lipinski definition) is 1. The molecule has 1 aliphatic rings. The molecule has 152 valence electrons. The number of rotatable bonds is 7. The lowest BCUT2D eigenvalue weighted by Gasteiger charge is -2.13. The first-order chi connectivity index (χ1) is 14.6. The molecule has 1 N–H and O–H groups in total. The van der Waals surface area contributed by atoms with Crippen LogP contribution in [0.25, 0.3) is 5.57 Å². The molecule has 0 aliphatic carbocycles. The summed E-state index contributed by atoms with van der Waals surface area (Å²) in [6.45, 7) is 0.0492. The van der Waals surface area contributed by atoms with Crippen LogP contribution in [0, 0.1) is 0 Å². The highest BCUT2D eigenvalue weighted by Gasteiger charge is 2.39. The number of furan rings is 1. The van der Waals surface area contributed by atoms with E-state index in [1.54, 1.807) is 74.9 Å². The fourth-order valence-electron chi connectivity index (χ4n) is 3.26. The number of benzene rings is 2. The molecule has 0 atom stereocenters. The Morgan fingerprint density at radius 1 is 0.900 bits per heavy atom. The Morgan fingerprint density at radius 3 is 2.33 bits per heavy atom. The van der Waals surface area contributed by atoms with Gasteiger partial charge in [0.05, 0.1) is 32.6 Å². The Morgan fingerprint density at radius 2 is 1.67 bits per heavy atom. The van der Waals surface area contributed by atoms with Crippen LogP contribution in [0.15, 0.2) is 77.0 Å². The van der Waals surface area contributed by atoms with E-state index in [0.29, 0.717) is 28.5 Å². The van der Waals surface area contributed by atoms with Crippen LogP contribution in [0.3, 0.4) is 0 Å². The highest BCUT2D eigenvalue weighted by Crippen LogP contribution is 2.33. The molecular weight excluding hydrogens is 384 g/mol. The SMILES string of the molecule is COc1ccc(C2=C(Nc3cccc(OC)c3)C(=O)N(Cc3ccco3)C2=O)cc1. The van der Waals surface area contributed by atoms with Gasteiger partial charge in [0, 0.05) is 11.8 Å². The first-order valence-electron chi connectivity index (χ1n) is 9.29. The van der Waals surface area contributed by atoms with E-state index in [4.69, 9.17) is 13.9 Å². The first-order valence-corrected chi connectivity index (χ1v) is 9.29. The number of amides is 2. The predicted molar refractivity (Wildman–Crippen MR) is 111 cm³/mol. The number of methoxy groups -OCH3 is 2. The van der Waals surface area contributed by atoms with Gasteiger partial charge in [-0.25, -0.2) is 0 Å². The standard InChI is InChI=1S/C23H20N2O5/c1-28-17-10-8-15(9-11-17)20-21(24-16-5-3-6-18(13-16)29-2)23(27)25(22(20)26)14-19-7-4-12-30-19/h3-13,24H,14H2,1-2H3. The van der Waals surface area contributed by atoms with Gasteiger partial charge in [0.15, 0.2) is 0 Å². The number of imide groups is 1. The van der Waals surface area contributed by atoms with Gasteiger partial charge in [0.25, 0.3) is 11.8 Å². The average Bonchev–Trinajstić information content (AvgIpc) is 3.37. The van der Waals surface area contributed by atoms with Gasteiger partial charge in [0.2, 0.25) is 0 Å². The largest absolute Gasteiger partial charge is 0.497 e. The van der Waals surface area contributed by atoms with Gasteiger partial charge in [-0.3, -0.25) is 14.5 Å². The number of nitrogens with one attached hydrogen (secondary N) is 1. The molecule has 7 heteroatoms. The zero-order chi connectivity index (χ0) is 21.1. The Hall–Kier alpha value is -4.00. The number of carbonyl (C=O) groups excluding carboxylic acids is 2. The summed E-state index contributed by atoms with van der Waals surface area (Å²) < 4.78 is 15.8. The van der Waals surface area contributed by atoms with Crippen molar-refractivity contribution in [2.45, 2.75) is 6.54 Å². The molecule has 0 unspecified atom stereocenters. The Kier molecular flexibility index (Phi) is 5.26. The zero-order valence-corrected chi connectivity index (χ0v) is 16.5. The van der Waals surface area contributed by atoms with Crippen molar-refractivity contribution in [2.75, 3.05) is 19.5 Å². The molecular formula is C23H20N2O5. The molecule has 30 heavy (non-hydrogen) atoms. The van der Waals surface area contributed by atoms with Crippen molar-refractivity contribution in [1.29, 1.82) is 0 Å². The quantitative estimate of drug-likeness (QED) is 0.605. The van der Waals surface area contributed by atoms with E-state index in [1.807, 2.05) is 0 Å². The fourth-order valence-corrected chi connectivity index (χ4v) is 3.26. The molecule has 1 aliphatic heterocycles. The molecule has 0 saturated carbocycles. The van der Waals surface area contributed by atoms with E-state index in [9.17, 15) is 9.59 Å². The van der Waals surface area contributed by atoms with Crippen LogP contribution >= 0.6 is 0 Å². The Bertz CT molecular complexity index is 1100. The predicted octanol–water partition coefficient (Wildman–Crippen LogP) is 3.69. The van der Waals surface area contributed by atoms with E-state index >= 15 is 0 Å². The van der Waals surface area contributed by atoms with Crippen LogP contribution in [0.4, 0.5) is 5.69 Å². The molecule has 2 amide bonds. The van der Waals surface area contributed by atoms with Crippen molar-refractivity contribution < 1.29 is 23.5 Å². The zero-order valence-electron chi connectivity index (χ0n) is 16.5. The monoisotopic (exact) mass is 404 g/mol. The summed E-state index contributed by atoms with van der Waals surface area (Å²) >= 11 is 0. The lowest BCUT2D eigenvalue weighted by molar-refractivity contribution is -0.137. The minimum absolute atomic E-state index is 0.0492. The molecule has 4 rings (SSSR count). The number of hydrogen-bond acceptors (Lipinski definition) is 6. The maximum atomic E-state index is 13.2. The summed E-state index contributed by atoms with van der Waals surface area (Å²) in [6.07, 6.45) is 1.51. The van der Waals surface area contributed by atoms with Crippen molar-refractivity contribution in [3.8, 4) is 11.5 Å². The van der Waals surface area contributed by atoms with Gasteiger partial charge in [0.1, 0.15) is 23.0 Å². The molecule has 3 aromatic rings. The van der Waals surface area contributed by atoms with Crippen LogP contribution in [0.1, 0.15) is 11.3 Å². The van der Waals surface area contributed by atoms with Crippen molar-refractivity contribution in [3.05, 3.63) is 83.9 Å². The van der Waals surface area contributed by atoms with Crippen molar-refractivity contribution in [2.24, 2.45) is 0 Å². The smallest absolute Gasteiger partial charge is 0.278 e. The van der Waals surface area contributed by atoms with Crippen LogP contribution in [0.2, 0.25) is 0 Å². The summed E-state index contributed by atoms with van der Waals surface area (Å²) in [6, 6.07) is 17.6. The van der Waals surface area contributed by atoms with Gasteiger partial charge in [-0.05, 0) is 42.0 Å². The van der Waals surface area contributed by atoms with Gasteiger partial charge in [-0.2, -0.15) is 0 Å². The molecule has 0 saturated heterocycles. The normalized spacial score (nSPS) is 13.7. The average molecular weight is 404 g/mol. The second kappa shape index (κ2) is 8.16. The topological polar surface area (TPSA) is 81.0 Å².